The fourth-order valence-electron chi connectivity index (χ4n) is 2.79. The van der Waals surface area contributed by atoms with Crippen molar-refractivity contribution in [2.24, 2.45) is 0 Å². The fraction of sp³-hybridized carbons (Fsp3) is 0.625. The molecule has 0 aromatic heterocycles. The zero-order valence-electron chi connectivity index (χ0n) is 11.1. The molecule has 0 amide bonds. The van der Waals surface area contributed by atoms with Crippen molar-refractivity contribution in [3.8, 4) is 0 Å². The first kappa shape index (κ1) is 12.6. The Morgan fingerprint density at radius 3 is 2.18 bits per heavy atom. The van der Waals surface area contributed by atoms with Crippen molar-refractivity contribution in [3.05, 3.63) is 35.4 Å². The molecule has 94 valence electrons. The van der Waals surface area contributed by atoms with Gasteiger partial charge in [-0.1, -0.05) is 57.4 Å². The van der Waals surface area contributed by atoms with Gasteiger partial charge in [-0.3, -0.25) is 0 Å². The lowest BCUT2D eigenvalue weighted by atomic mass is 9.80. The van der Waals surface area contributed by atoms with E-state index in [0.29, 0.717) is 5.92 Å². The summed E-state index contributed by atoms with van der Waals surface area (Å²) in [5, 5.41) is 10.5. The lowest BCUT2D eigenvalue weighted by molar-refractivity contribution is 0.00449. The second kappa shape index (κ2) is 5.22. The Hall–Kier alpha value is -0.820. The summed E-state index contributed by atoms with van der Waals surface area (Å²) in [7, 11) is 0. The molecule has 2 rings (SSSR count). The summed E-state index contributed by atoms with van der Waals surface area (Å²) in [4.78, 5) is 0. The molecule has 0 aliphatic heterocycles. The van der Waals surface area contributed by atoms with E-state index >= 15 is 0 Å². The van der Waals surface area contributed by atoms with Gasteiger partial charge in [0.2, 0.25) is 0 Å². The van der Waals surface area contributed by atoms with Crippen LogP contribution in [-0.2, 0) is 6.42 Å². The van der Waals surface area contributed by atoms with Crippen LogP contribution in [0.1, 0.15) is 63.0 Å². The van der Waals surface area contributed by atoms with Crippen LogP contribution in [0.5, 0.6) is 0 Å². The molecule has 1 aliphatic carbocycles. The highest BCUT2D eigenvalue weighted by molar-refractivity contribution is 5.25. The van der Waals surface area contributed by atoms with Crippen LogP contribution in [0.4, 0.5) is 0 Å². The molecule has 0 unspecified atom stereocenters. The van der Waals surface area contributed by atoms with Gasteiger partial charge in [0.1, 0.15) is 0 Å². The highest BCUT2D eigenvalue weighted by atomic mass is 16.3. The van der Waals surface area contributed by atoms with Crippen molar-refractivity contribution in [3.63, 3.8) is 0 Å². The highest BCUT2D eigenvalue weighted by Gasteiger charge is 2.29. The van der Waals surface area contributed by atoms with Crippen LogP contribution in [0.25, 0.3) is 0 Å². The maximum Gasteiger partial charge on any atom is 0.0688 e. The van der Waals surface area contributed by atoms with E-state index in [2.05, 4.69) is 38.1 Å². The third kappa shape index (κ3) is 3.32. The van der Waals surface area contributed by atoms with Crippen LogP contribution < -0.4 is 0 Å². The van der Waals surface area contributed by atoms with Crippen molar-refractivity contribution >= 4 is 0 Å². The minimum atomic E-state index is -0.433. The molecule has 0 radical (unpaired) electrons. The lowest BCUT2D eigenvalue weighted by Gasteiger charge is -2.32. The monoisotopic (exact) mass is 232 g/mol. The Labute approximate surface area is 105 Å². The quantitative estimate of drug-likeness (QED) is 0.833. The van der Waals surface area contributed by atoms with E-state index in [0.717, 1.165) is 19.3 Å². The summed E-state index contributed by atoms with van der Waals surface area (Å²) in [6.07, 6.45) is 6.42. The molecule has 17 heavy (non-hydrogen) atoms. The Balaban J connectivity index is 2.03. The maximum atomic E-state index is 10.5. The molecular formula is C16H24O. The van der Waals surface area contributed by atoms with Gasteiger partial charge < -0.3 is 5.11 Å². The fourth-order valence-corrected chi connectivity index (χ4v) is 2.79. The van der Waals surface area contributed by atoms with Gasteiger partial charge >= 0.3 is 0 Å². The van der Waals surface area contributed by atoms with Crippen molar-refractivity contribution in [2.75, 3.05) is 0 Å². The molecule has 1 heteroatoms. The van der Waals surface area contributed by atoms with Crippen molar-refractivity contribution < 1.29 is 5.11 Å². The molecule has 0 heterocycles. The van der Waals surface area contributed by atoms with Crippen LogP contribution in [0.15, 0.2) is 24.3 Å². The molecule has 1 aromatic carbocycles. The first-order chi connectivity index (χ1) is 8.09. The van der Waals surface area contributed by atoms with Gasteiger partial charge in [0.05, 0.1) is 5.60 Å². The van der Waals surface area contributed by atoms with Crippen molar-refractivity contribution in [1.82, 2.24) is 0 Å². The highest BCUT2D eigenvalue weighted by Crippen LogP contribution is 2.31. The number of aliphatic hydroxyl groups is 1. The van der Waals surface area contributed by atoms with E-state index in [1.807, 2.05) is 0 Å². The SMILES string of the molecule is CC(C)c1ccc(CC2(O)CCCCC2)cc1. The van der Waals surface area contributed by atoms with Crippen LogP contribution in [-0.4, -0.2) is 10.7 Å². The molecule has 0 spiro atoms. The minimum Gasteiger partial charge on any atom is -0.390 e. The zero-order valence-corrected chi connectivity index (χ0v) is 11.1. The van der Waals surface area contributed by atoms with Crippen LogP contribution in [0.2, 0.25) is 0 Å². The number of hydrogen-bond acceptors (Lipinski definition) is 1. The summed E-state index contributed by atoms with van der Waals surface area (Å²) in [6, 6.07) is 8.77. The Morgan fingerprint density at radius 1 is 1.06 bits per heavy atom. The summed E-state index contributed by atoms with van der Waals surface area (Å²) >= 11 is 0. The standard InChI is InChI=1S/C16H24O/c1-13(2)15-8-6-14(7-9-15)12-16(17)10-4-3-5-11-16/h6-9,13,17H,3-5,10-12H2,1-2H3. The largest absolute Gasteiger partial charge is 0.390 e. The summed E-state index contributed by atoms with van der Waals surface area (Å²) in [5.41, 5.74) is 2.22. The van der Waals surface area contributed by atoms with Crippen molar-refractivity contribution in [2.45, 2.75) is 63.9 Å². The van der Waals surface area contributed by atoms with Crippen molar-refractivity contribution in [1.29, 1.82) is 0 Å². The zero-order chi connectivity index (χ0) is 12.3. The third-order valence-electron chi connectivity index (χ3n) is 3.96. The smallest absolute Gasteiger partial charge is 0.0688 e. The molecule has 1 N–H and O–H groups in total. The molecule has 0 saturated heterocycles. The normalized spacial score (nSPS) is 19.5. The van der Waals surface area contributed by atoms with Gasteiger partial charge in [-0.05, 0) is 29.9 Å². The third-order valence-corrected chi connectivity index (χ3v) is 3.96. The Kier molecular flexibility index (Phi) is 3.88. The van der Waals surface area contributed by atoms with E-state index in [9.17, 15) is 5.11 Å². The van der Waals surface area contributed by atoms with Crippen LogP contribution in [0, 0.1) is 0 Å². The summed E-state index contributed by atoms with van der Waals surface area (Å²) in [5.74, 6) is 0.585. The van der Waals surface area contributed by atoms with E-state index in [-0.39, 0.29) is 0 Å². The molecule has 1 nitrogen and oxygen atoms in total. The van der Waals surface area contributed by atoms with Crippen LogP contribution >= 0.6 is 0 Å². The van der Waals surface area contributed by atoms with Gasteiger partial charge in [0.15, 0.2) is 0 Å². The van der Waals surface area contributed by atoms with E-state index in [1.54, 1.807) is 0 Å². The second-order valence-electron chi connectivity index (χ2n) is 5.86. The predicted octanol–water partition coefficient (Wildman–Crippen LogP) is 4.05. The van der Waals surface area contributed by atoms with E-state index < -0.39 is 5.60 Å². The van der Waals surface area contributed by atoms with Gasteiger partial charge in [-0.2, -0.15) is 0 Å². The summed E-state index contributed by atoms with van der Waals surface area (Å²) < 4.78 is 0. The molecule has 1 saturated carbocycles. The second-order valence-corrected chi connectivity index (χ2v) is 5.86. The number of benzene rings is 1. The summed E-state index contributed by atoms with van der Waals surface area (Å²) in [6.45, 7) is 4.42. The van der Waals surface area contributed by atoms with Gasteiger partial charge in [0, 0.05) is 6.42 Å². The molecule has 1 aliphatic rings. The maximum absolute atomic E-state index is 10.5. The average molecular weight is 232 g/mol. The molecule has 0 bridgehead atoms. The number of hydrogen-bond donors (Lipinski definition) is 1. The van der Waals surface area contributed by atoms with Gasteiger partial charge in [-0.25, -0.2) is 0 Å². The van der Waals surface area contributed by atoms with Crippen LogP contribution in [0.3, 0.4) is 0 Å². The van der Waals surface area contributed by atoms with E-state index in [4.69, 9.17) is 0 Å². The molecular weight excluding hydrogens is 208 g/mol. The molecule has 1 fully saturated rings. The van der Waals surface area contributed by atoms with Gasteiger partial charge in [0.25, 0.3) is 0 Å². The van der Waals surface area contributed by atoms with E-state index in [1.165, 1.54) is 30.4 Å². The first-order valence-corrected chi connectivity index (χ1v) is 6.90. The average Bonchev–Trinajstić information content (AvgIpc) is 2.30. The molecule has 0 atom stereocenters. The van der Waals surface area contributed by atoms with Gasteiger partial charge in [-0.15, -0.1) is 0 Å². The predicted molar refractivity (Wildman–Crippen MR) is 72.3 cm³/mol. The molecule has 1 aromatic rings. The first-order valence-electron chi connectivity index (χ1n) is 6.90. The Morgan fingerprint density at radius 2 is 1.65 bits per heavy atom. The topological polar surface area (TPSA) is 20.2 Å². The minimum absolute atomic E-state index is 0.433. The lowest BCUT2D eigenvalue weighted by Crippen LogP contribution is -2.33. The number of rotatable bonds is 3. The Bertz CT molecular complexity index is 344.